The van der Waals surface area contributed by atoms with Gasteiger partial charge >= 0.3 is 0 Å². The van der Waals surface area contributed by atoms with Crippen LogP contribution in [0.15, 0.2) is 29.2 Å². The van der Waals surface area contributed by atoms with Gasteiger partial charge < -0.3 is 4.90 Å². The van der Waals surface area contributed by atoms with E-state index in [-0.39, 0.29) is 0 Å². The molecular formula is C14H20N2S. The Morgan fingerprint density at radius 3 is 2.53 bits per heavy atom. The minimum absolute atomic E-state index is 0.614. The van der Waals surface area contributed by atoms with Gasteiger partial charge in [-0.1, -0.05) is 19.1 Å². The summed E-state index contributed by atoms with van der Waals surface area (Å²) in [5.74, 6) is 1.12. The maximum absolute atomic E-state index is 8.50. The molecule has 0 fully saturated rings. The minimum atomic E-state index is 0.614. The number of thioether (sulfide) groups is 1. The first kappa shape index (κ1) is 14.1. The molecule has 0 amide bonds. The van der Waals surface area contributed by atoms with Crippen molar-refractivity contribution >= 4 is 11.8 Å². The van der Waals surface area contributed by atoms with Crippen LogP contribution in [0.3, 0.4) is 0 Å². The first-order valence-electron chi connectivity index (χ1n) is 6.03. The average Bonchev–Trinajstić information content (AvgIpc) is 2.36. The zero-order chi connectivity index (χ0) is 12.5. The third-order valence-electron chi connectivity index (χ3n) is 2.62. The molecule has 3 heteroatoms. The summed E-state index contributed by atoms with van der Waals surface area (Å²) in [5, 5.41) is 8.50. The molecule has 0 atom stereocenters. The third kappa shape index (κ3) is 5.76. The smallest absolute Gasteiger partial charge is 0.0635 e. The summed E-state index contributed by atoms with van der Waals surface area (Å²) in [4.78, 5) is 3.55. The van der Waals surface area contributed by atoms with Crippen LogP contribution in [0.25, 0.3) is 0 Å². The second-order valence-electron chi connectivity index (χ2n) is 4.04. The monoisotopic (exact) mass is 248 g/mol. The summed E-state index contributed by atoms with van der Waals surface area (Å²) >= 11 is 1.87. The van der Waals surface area contributed by atoms with Crippen LogP contribution in [0, 0.1) is 11.3 Å². The van der Waals surface area contributed by atoms with Gasteiger partial charge in [0.2, 0.25) is 0 Å². The minimum Gasteiger partial charge on any atom is -0.305 e. The highest BCUT2D eigenvalue weighted by atomic mass is 32.2. The molecule has 0 saturated heterocycles. The van der Waals surface area contributed by atoms with Crippen LogP contribution in [0.2, 0.25) is 0 Å². The van der Waals surface area contributed by atoms with Crippen LogP contribution in [0.4, 0.5) is 0 Å². The predicted octanol–water partition coefficient (Wildman–Crippen LogP) is 3.19. The highest BCUT2D eigenvalue weighted by Crippen LogP contribution is 2.17. The summed E-state index contributed by atoms with van der Waals surface area (Å²) in [6.07, 6.45) is 1.67. The van der Waals surface area contributed by atoms with Gasteiger partial charge in [0.25, 0.3) is 0 Å². The Labute approximate surface area is 109 Å². The zero-order valence-electron chi connectivity index (χ0n) is 10.6. The largest absolute Gasteiger partial charge is 0.305 e. The maximum Gasteiger partial charge on any atom is 0.0635 e. The van der Waals surface area contributed by atoms with Crippen molar-refractivity contribution in [3.05, 3.63) is 29.8 Å². The fourth-order valence-corrected chi connectivity index (χ4v) is 2.25. The number of hydrogen-bond acceptors (Lipinski definition) is 3. The van der Waals surface area contributed by atoms with E-state index < -0.39 is 0 Å². The van der Waals surface area contributed by atoms with Crippen molar-refractivity contribution < 1.29 is 0 Å². The van der Waals surface area contributed by atoms with Gasteiger partial charge in [-0.25, -0.2) is 0 Å². The van der Waals surface area contributed by atoms with Crippen molar-refractivity contribution in [3.63, 3.8) is 0 Å². The summed E-state index contributed by atoms with van der Waals surface area (Å²) < 4.78 is 0. The lowest BCUT2D eigenvalue weighted by Gasteiger charge is -2.14. The van der Waals surface area contributed by atoms with E-state index in [1.54, 1.807) is 0 Å². The highest BCUT2D eigenvalue weighted by Gasteiger charge is 1.99. The highest BCUT2D eigenvalue weighted by molar-refractivity contribution is 7.99. The van der Waals surface area contributed by atoms with Crippen molar-refractivity contribution in [2.75, 3.05) is 25.9 Å². The summed E-state index contributed by atoms with van der Waals surface area (Å²) in [6, 6.07) is 11.0. The molecule has 2 nitrogen and oxygen atoms in total. The normalized spacial score (nSPS) is 10.5. The Morgan fingerprint density at radius 1 is 1.24 bits per heavy atom. The summed E-state index contributed by atoms with van der Waals surface area (Å²) in [6.45, 7) is 4.05. The molecule has 0 heterocycles. The van der Waals surface area contributed by atoms with Gasteiger partial charge in [-0.05, 0) is 36.9 Å². The molecular weight excluding hydrogens is 228 g/mol. The van der Waals surface area contributed by atoms with Gasteiger partial charge in [-0.2, -0.15) is 5.26 Å². The summed E-state index contributed by atoms with van der Waals surface area (Å²) in [5.41, 5.74) is 1.37. The number of likely N-dealkylation sites (N-methyl/N-ethyl adjacent to an activating group) is 1. The second-order valence-corrected chi connectivity index (χ2v) is 5.38. The number of hydrogen-bond donors (Lipinski definition) is 0. The van der Waals surface area contributed by atoms with E-state index in [0.717, 1.165) is 25.3 Å². The molecule has 0 unspecified atom stereocenters. The van der Waals surface area contributed by atoms with E-state index in [4.69, 9.17) is 5.26 Å². The third-order valence-corrected chi connectivity index (χ3v) is 3.52. The van der Waals surface area contributed by atoms with Crippen molar-refractivity contribution in [1.29, 1.82) is 5.26 Å². The molecule has 1 aromatic rings. The van der Waals surface area contributed by atoms with Crippen LogP contribution in [-0.4, -0.2) is 30.8 Å². The van der Waals surface area contributed by atoms with E-state index in [9.17, 15) is 0 Å². The topological polar surface area (TPSA) is 27.0 Å². The predicted molar refractivity (Wildman–Crippen MR) is 74.3 cm³/mol. The molecule has 0 spiro atoms. The molecule has 0 N–H and O–H groups in total. The standard InChI is InChI=1S/C14H20N2S/c1-3-17-14-7-5-13(6-8-14)9-12-16(2)11-4-10-15/h5-8H,3-4,9,11-12H2,1-2H3. The van der Waals surface area contributed by atoms with Crippen LogP contribution in [0.1, 0.15) is 18.9 Å². The Hall–Kier alpha value is -0.980. The Morgan fingerprint density at radius 2 is 1.94 bits per heavy atom. The maximum atomic E-state index is 8.50. The van der Waals surface area contributed by atoms with Crippen LogP contribution >= 0.6 is 11.8 Å². The van der Waals surface area contributed by atoms with E-state index in [1.807, 2.05) is 11.8 Å². The lowest BCUT2D eigenvalue weighted by Crippen LogP contribution is -2.22. The number of nitriles is 1. The lowest BCUT2D eigenvalue weighted by atomic mass is 10.1. The molecule has 0 bridgehead atoms. The summed E-state index contributed by atoms with van der Waals surface area (Å²) in [7, 11) is 2.07. The van der Waals surface area contributed by atoms with Crippen LogP contribution in [-0.2, 0) is 6.42 Å². The first-order chi connectivity index (χ1) is 8.26. The number of rotatable bonds is 7. The van der Waals surface area contributed by atoms with Gasteiger partial charge in [0.15, 0.2) is 0 Å². The number of benzene rings is 1. The average molecular weight is 248 g/mol. The molecule has 0 aliphatic rings. The van der Waals surface area contributed by atoms with E-state index >= 15 is 0 Å². The zero-order valence-corrected chi connectivity index (χ0v) is 11.5. The molecule has 0 aliphatic heterocycles. The molecule has 0 aliphatic carbocycles. The number of nitrogens with zero attached hydrogens (tertiary/aromatic N) is 2. The van der Waals surface area contributed by atoms with E-state index in [2.05, 4.69) is 49.2 Å². The lowest BCUT2D eigenvalue weighted by molar-refractivity contribution is 0.346. The SMILES string of the molecule is CCSc1ccc(CCN(C)CCC#N)cc1. The van der Waals surface area contributed by atoms with Gasteiger partial charge in [-0.15, -0.1) is 11.8 Å². The van der Waals surface area contributed by atoms with E-state index in [1.165, 1.54) is 10.5 Å². The molecule has 1 rings (SSSR count). The van der Waals surface area contributed by atoms with Crippen LogP contribution in [0.5, 0.6) is 0 Å². The molecule has 0 saturated carbocycles. The Kier molecular flexibility index (Phi) is 6.76. The van der Waals surface area contributed by atoms with Crippen molar-refractivity contribution in [2.24, 2.45) is 0 Å². The van der Waals surface area contributed by atoms with Gasteiger partial charge in [0.1, 0.15) is 0 Å². The Bertz CT molecular complexity index is 353. The molecule has 0 aromatic heterocycles. The van der Waals surface area contributed by atoms with Crippen LogP contribution < -0.4 is 0 Å². The van der Waals surface area contributed by atoms with Crippen molar-refractivity contribution in [1.82, 2.24) is 4.90 Å². The van der Waals surface area contributed by atoms with Gasteiger partial charge in [0.05, 0.1) is 6.07 Å². The fourth-order valence-electron chi connectivity index (χ4n) is 1.59. The molecule has 1 aromatic carbocycles. The Balaban J connectivity index is 2.34. The van der Waals surface area contributed by atoms with Crippen molar-refractivity contribution in [2.45, 2.75) is 24.7 Å². The molecule has 17 heavy (non-hydrogen) atoms. The fraction of sp³-hybridized carbons (Fsp3) is 0.500. The van der Waals surface area contributed by atoms with Crippen molar-refractivity contribution in [3.8, 4) is 6.07 Å². The van der Waals surface area contributed by atoms with E-state index in [0.29, 0.717) is 6.42 Å². The molecule has 0 radical (unpaired) electrons. The second kappa shape index (κ2) is 8.16. The quantitative estimate of drug-likeness (QED) is 0.693. The van der Waals surface area contributed by atoms with Gasteiger partial charge in [-0.3, -0.25) is 0 Å². The van der Waals surface area contributed by atoms with Gasteiger partial charge in [0, 0.05) is 24.4 Å². The molecule has 92 valence electrons. The first-order valence-corrected chi connectivity index (χ1v) is 7.02.